The van der Waals surface area contributed by atoms with Gasteiger partial charge in [0.15, 0.2) is 0 Å². The molecule has 84 valence electrons. The largest absolute Gasteiger partial charge is 0.347 e. The number of aliphatic imine (C=N–C) groups is 1. The fourth-order valence-corrected chi connectivity index (χ4v) is 2.57. The number of carbonyl (C=O) groups is 1. The van der Waals surface area contributed by atoms with Crippen LogP contribution in [0.2, 0.25) is 0 Å². The van der Waals surface area contributed by atoms with Gasteiger partial charge in [0.2, 0.25) is 5.91 Å². The fourth-order valence-electron chi connectivity index (χ4n) is 1.54. The second-order valence-corrected chi connectivity index (χ2v) is 4.87. The summed E-state index contributed by atoms with van der Waals surface area (Å²) in [5.74, 6) is 0.833. The van der Waals surface area contributed by atoms with Crippen LogP contribution in [0, 0.1) is 0 Å². The predicted molar refractivity (Wildman–Crippen MR) is 67.9 cm³/mol. The molecule has 0 bridgehead atoms. The zero-order chi connectivity index (χ0) is 11.5. The van der Waals surface area contributed by atoms with Gasteiger partial charge in [0.1, 0.15) is 6.04 Å². The lowest BCUT2D eigenvalue weighted by atomic mass is 10.2. The first-order valence-electron chi connectivity index (χ1n) is 5.15. The summed E-state index contributed by atoms with van der Waals surface area (Å²) in [5, 5.41) is 0.973. The van der Waals surface area contributed by atoms with Crippen molar-refractivity contribution in [3.63, 3.8) is 0 Å². The third kappa shape index (κ3) is 2.27. The van der Waals surface area contributed by atoms with Crippen LogP contribution in [-0.4, -0.2) is 41.7 Å². The van der Waals surface area contributed by atoms with E-state index in [2.05, 4.69) is 4.99 Å². The highest BCUT2D eigenvalue weighted by molar-refractivity contribution is 8.14. The number of benzene rings is 1. The molecule has 0 N–H and O–H groups in total. The number of hydrogen-bond acceptors (Lipinski definition) is 3. The monoisotopic (exact) mass is 234 g/mol. The van der Waals surface area contributed by atoms with Gasteiger partial charge in [-0.2, -0.15) is 0 Å². The number of hydrogen-bond donors (Lipinski definition) is 0. The Morgan fingerprint density at radius 2 is 2.06 bits per heavy atom. The van der Waals surface area contributed by atoms with Crippen LogP contribution in [0.4, 0.5) is 0 Å². The van der Waals surface area contributed by atoms with Gasteiger partial charge in [-0.05, 0) is 0 Å². The van der Waals surface area contributed by atoms with Crippen molar-refractivity contribution in [3.05, 3.63) is 35.9 Å². The first-order chi connectivity index (χ1) is 7.68. The minimum atomic E-state index is -0.213. The molecule has 1 aromatic carbocycles. The number of carbonyl (C=O) groups excluding carboxylic acids is 1. The molecular formula is C12H14N2OS. The van der Waals surface area contributed by atoms with Crippen molar-refractivity contribution >= 4 is 22.7 Å². The molecule has 0 aromatic heterocycles. The van der Waals surface area contributed by atoms with Crippen LogP contribution in [0.5, 0.6) is 0 Å². The standard InChI is InChI=1S/C12H14N2OS/c1-14(2)12(15)10-8-16-11(13-10)9-6-4-3-5-7-9/h3-7,10H,8H2,1-2H3. The average Bonchev–Trinajstić information content (AvgIpc) is 2.78. The minimum Gasteiger partial charge on any atom is -0.347 e. The Labute approximate surface area is 99.6 Å². The summed E-state index contributed by atoms with van der Waals surface area (Å²) >= 11 is 1.65. The highest BCUT2D eigenvalue weighted by Crippen LogP contribution is 2.23. The molecule has 4 heteroatoms. The van der Waals surface area contributed by atoms with Crippen LogP contribution >= 0.6 is 11.8 Å². The van der Waals surface area contributed by atoms with Gasteiger partial charge in [-0.1, -0.05) is 30.3 Å². The predicted octanol–water partition coefficient (Wildman–Crippen LogP) is 1.64. The van der Waals surface area contributed by atoms with Gasteiger partial charge in [0.05, 0.1) is 5.04 Å². The number of thioether (sulfide) groups is 1. The summed E-state index contributed by atoms with van der Waals surface area (Å²) < 4.78 is 0. The molecule has 0 radical (unpaired) electrons. The third-order valence-corrected chi connectivity index (χ3v) is 3.49. The van der Waals surface area contributed by atoms with Crippen LogP contribution in [0.15, 0.2) is 35.3 Å². The maximum Gasteiger partial charge on any atom is 0.247 e. The zero-order valence-corrected chi connectivity index (χ0v) is 10.2. The summed E-state index contributed by atoms with van der Waals surface area (Å²) in [6.45, 7) is 0. The summed E-state index contributed by atoms with van der Waals surface area (Å²) in [6.07, 6.45) is 0. The van der Waals surface area contributed by atoms with E-state index >= 15 is 0 Å². The Morgan fingerprint density at radius 3 is 2.69 bits per heavy atom. The van der Waals surface area contributed by atoms with E-state index in [9.17, 15) is 4.79 Å². The van der Waals surface area contributed by atoms with E-state index in [1.54, 1.807) is 30.8 Å². The molecule has 1 amide bonds. The van der Waals surface area contributed by atoms with E-state index in [-0.39, 0.29) is 11.9 Å². The molecule has 3 nitrogen and oxygen atoms in total. The van der Waals surface area contributed by atoms with Crippen LogP contribution < -0.4 is 0 Å². The molecule has 1 unspecified atom stereocenters. The van der Waals surface area contributed by atoms with E-state index in [0.29, 0.717) is 0 Å². The third-order valence-electron chi connectivity index (χ3n) is 2.40. The zero-order valence-electron chi connectivity index (χ0n) is 9.38. The second-order valence-electron chi connectivity index (χ2n) is 3.86. The van der Waals surface area contributed by atoms with Gasteiger partial charge in [0.25, 0.3) is 0 Å². The van der Waals surface area contributed by atoms with Gasteiger partial charge < -0.3 is 4.90 Å². The Morgan fingerprint density at radius 1 is 1.38 bits per heavy atom. The van der Waals surface area contributed by atoms with Crippen molar-refractivity contribution in [1.29, 1.82) is 0 Å². The molecule has 2 rings (SSSR count). The smallest absolute Gasteiger partial charge is 0.247 e. The summed E-state index contributed by atoms with van der Waals surface area (Å²) in [7, 11) is 3.53. The van der Waals surface area contributed by atoms with Crippen LogP contribution in [0.1, 0.15) is 5.56 Å². The van der Waals surface area contributed by atoms with E-state index in [4.69, 9.17) is 0 Å². The lowest BCUT2D eigenvalue weighted by molar-refractivity contribution is -0.129. The normalized spacial score (nSPS) is 19.4. The Balaban J connectivity index is 2.16. The van der Waals surface area contributed by atoms with Gasteiger partial charge in [-0.3, -0.25) is 9.79 Å². The van der Waals surface area contributed by atoms with Gasteiger partial charge in [-0.25, -0.2) is 0 Å². The maximum absolute atomic E-state index is 11.7. The van der Waals surface area contributed by atoms with Gasteiger partial charge >= 0.3 is 0 Å². The fraction of sp³-hybridized carbons (Fsp3) is 0.333. The van der Waals surface area contributed by atoms with Crippen molar-refractivity contribution < 1.29 is 4.79 Å². The number of nitrogens with zero attached hydrogens (tertiary/aromatic N) is 2. The molecule has 0 aliphatic carbocycles. The molecule has 1 aliphatic rings. The highest BCUT2D eigenvalue weighted by atomic mass is 32.2. The minimum absolute atomic E-state index is 0.0819. The van der Waals surface area contributed by atoms with E-state index in [0.717, 1.165) is 16.4 Å². The van der Waals surface area contributed by atoms with E-state index in [1.807, 2.05) is 30.3 Å². The SMILES string of the molecule is CN(C)C(=O)C1CSC(c2ccccc2)=N1. The molecule has 0 saturated carbocycles. The van der Waals surface area contributed by atoms with E-state index in [1.165, 1.54) is 0 Å². The van der Waals surface area contributed by atoms with Crippen LogP contribution in [0.3, 0.4) is 0 Å². The Bertz CT molecular complexity index is 414. The quantitative estimate of drug-likeness (QED) is 0.779. The van der Waals surface area contributed by atoms with Gasteiger partial charge in [0, 0.05) is 25.4 Å². The lowest BCUT2D eigenvalue weighted by Gasteiger charge is -2.12. The van der Waals surface area contributed by atoms with Crippen molar-refractivity contribution in [2.75, 3.05) is 19.8 Å². The highest BCUT2D eigenvalue weighted by Gasteiger charge is 2.26. The second kappa shape index (κ2) is 4.70. The summed E-state index contributed by atoms with van der Waals surface area (Å²) in [5.41, 5.74) is 1.10. The van der Waals surface area contributed by atoms with Crippen LogP contribution in [0.25, 0.3) is 0 Å². The number of likely N-dealkylation sites (N-methyl/N-ethyl adjacent to an activating group) is 1. The molecular weight excluding hydrogens is 220 g/mol. The topological polar surface area (TPSA) is 32.7 Å². The maximum atomic E-state index is 11.7. The molecule has 0 saturated heterocycles. The molecule has 1 aliphatic heterocycles. The number of rotatable bonds is 2. The number of amides is 1. The molecule has 1 atom stereocenters. The van der Waals surface area contributed by atoms with Crippen molar-refractivity contribution in [1.82, 2.24) is 4.90 Å². The first-order valence-corrected chi connectivity index (χ1v) is 6.14. The molecule has 0 spiro atoms. The first kappa shape index (κ1) is 11.2. The average molecular weight is 234 g/mol. The van der Waals surface area contributed by atoms with Crippen molar-refractivity contribution in [2.45, 2.75) is 6.04 Å². The van der Waals surface area contributed by atoms with Crippen molar-refractivity contribution in [2.24, 2.45) is 4.99 Å². The van der Waals surface area contributed by atoms with Gasteiger partial charge in [-0.15, -0.1) is 11.8 Å². The Kier molecular flexibility index (Phi) is 3.29. The van der Waals surface area contributed by atoms with Crippen molar-refractivity contribution in [3.8, 4) is 0 Å². The van der Waals surface area contributed by atoms with Crippen LogP contribution in [-0.2, 0) is 4.79 Å². The molecule has 0 fully saturated rings. The molecule has 1 heterocycles. The molecule has 16 heavy (non-hydrogen) atoms. The Hall–Kier alpha value is -1.29. The molecule has 1 aromatic rings. The van der Waals surface area contributed by atoms with E-state index < -0.39 is 0 Å². The summed E-state index contributed by atoms with van der Waals surface area (Å²) in [6, 6.07) is 9.78. The summed E-state index contributed by atoms with van der Waals surface area (Å²) in [4.78, 5) is 17.8. The lowest BCUT2D eigenvalue weighted by Crippen LogP contribution is -2.32.